The molecule has 1 amide bonds. The minimum Gasteiger partial charge on any atom is -0.444 e. The predicted octanol–water partition coefficient (Wildman–Crippen LogP) is 1.33. The van der Waals surface area contributed by atoms with E-state index in [-0.39, 0.29) is 13.0 Å². The second-order valence-electron chi connectivity index (χ2n) is 4.73. The van der Waals surface area contributed by atoms with Gasteiger partial charge in [0.2, 0.25) is 0 Å². The van der Waals surface area contributed by atoms with Crippen molar-refractivity contribution in [2.24, 2.45) is 0 Å². The molecular weight excluding hydrogens is 201 g/mol. The molecule has 1 rings (SSSR count). The van der Waals surface area contributed by atoms with Crippen LogP contribution in [-0.4, -0.2) is 47.1 Å². The Bertz CT molecular complexity index is 239. The molecule has 0 aromatic heterocycles. The molecule has 0 saturated carbocycles. The average Bonchev–Trinajstić information content (AvgIpc) is 2.43. The SMILES string of the molecule is CC(C)(C)OC(=O)N1CC[C@@H](F)[C@@H]1CO. The summed E-state index contributed by atoms with van der Waals surface area (Å²) in [4.78, 5) is 12.9. The van der Waals surface area contributed by atoms with Gasteiger partial charge in [0, 0.05) is 6.54 Å². The summed E-state index contributed by atoms with van der Waals surface area (Å²) in [5.41, 5.74) is -0.592. The molecule has 1 N–H and O–H groups in total. The third kappa shape index (κ3) is 3.06. The molecule has 0 spiro atoms. The summed E-state index contributed by atoms with van der Waals surface area (Å²) in [6.07, 6.45) is -1.44. The normalized spacial score (nSPS) is 26.9. The Labute approximate surface area is 89.0 Å². The van der Waals surface area contributed by atoms with Crippen LogP contribution >= 0.6 is 0 Å². The zero-order valence-electron chi connectivity index (χ0n) is 9.36. The average molecular weight is 219 g/mol. The molecule has 0 bridgehead atoms. The monoisotopic (exact) mass is 219 g/mol. The Hall–Kier alpha value is -0.840. The quantitative estimate of drug-likeness (QED) is 0.723. The van der Waals surface area contributed by atoms with Crippen molar-refractivity contribution in [1.82, 2.24) is 4.90 Å². The van der Waals surface area contributed by atoms with Crippen molar-refractivity contribution < 1.29 is 19.0 Å². The second-order valence-corrected chi connectivity index (χ2v) is 4.73. The number of alkyl halides is 1. The Morgan fingerprint density at radius 3 is 2.67 bits per heavy atom. The lowest BCUT2D eigenvalue weighted by atomic mass is 10.2. The highest BCUT2D eigenvalue weighted by molar-refractivity contribution is 5.69. The highest BCUT2D eigenvalue weighted by atomic mass is 19.1. The lowest BCUT2D eigenvalue weighted by molar-refractivity contribution is 0.0129. The number of carbonyl (C=O) groups excluding carboxylic acids is 1. The van der Waals surface area contributed by atoms with Gasteiger partial charge in [-0.05, 0) is 27.2 Å². The maximum atomic E-state index is 13.2. The first kappa shape index (κ1) is 12.2. The molecule has 0 aliphatic carbocycles. The number of nitrogens with zero attached hydrogens (tertiary/aromatic N) is 1. The van der Waals surface area contributed by atoms with Gasteiger partial charge in [-0.2, -0.15) is 0 Å². The summed E-state index contributed by atoms with van der Waals surface area (Å²) in [7, 11) is 0. The molecule has 0 unspecified atom stereocenters. The van der Waals surface area contributed by atoms with E-state index in [2.05, 4.69) is 0 Å². The predicted molar refractivity (Wildman–Crippen MR) is 53.3 cm³/mol. The van der Waals surface area contributed by atoms with Crippen molar-refractivity contribution in [2.75, 3.05) is 13.2 Å². The summed E-state index contributed by atoms with van der Waals surface area (Å²) in [5, 5.41) is 8.96. The smallest absolute Gasteiger partial charge is 0.410 e. The number of aliphatic hydroxyl groups excluding tert-OH is 1. The standard InChI is InChI=1S/C10H18FNO3/c1-10(2,3)15-9(14)12-5-4-7(11)8(12)6-13/h7-8,13H,4-6H2,1-3H3/t7-,8+/m1/s1. The Kier molecular flexibility index (Phi) is 3.54. The van der Waals surface area contributed by atoms with Crippen molar-refractivity contribution in [1.29, 1.82) is 0 Å². The molecule has 1 aliphatic heterocycles. The number of amides is 1. The highest BCUT2D eigenvalue weighted by Gasteiger charge is 2.38. The Morgan fingerprint density at radius 1 is 1.60 bits per heavy atom. The fourth-order valence-corrected chi connectivity index (χ4v) is 1.58. The third-order valence-corrected chi connectivity index (χ3v) is 2.28. The van der Waals surface area contributed by atoms with E-state index >= 15 is 0 Å². The molecule has 1 saturated heterocycles. The van der Waals surface area contributed by atoms with Crippen molar-refractivity contribution in [3.8, 4) is 0 Å². The first-order valence-corrected chi connectivity index (χ1v) is 5.09. The molecule has 0 aromatic carbocycles. The zero-order chi connectivity index (χ0) is 11.6. The molecular formula is C10H18FNO3. The van der Waals surface area contributed by atoms with Crippen molar-refractivity contribution >= 4 is 6.09 Å². The highest BCUT2D eigenvalue weighted by Crippen LogP contribution is 2.23. The summed E-state index contributed by atoms with van der Waals surface area (Å²) < 4.78 is 18.3. The molecule has 0 radical (unpaired) electrons. The van der Waals surface area contributed by atoms with Crippen LogP contribution in [0.3, 0.4) is 0 Å². The molecule has 1 heterocycles. The molecule has 4 nitrogen and oxygen atoms in total. The van der Waals surface area contributed by atoms with Crippen LogP contribution in [0.2, 0.25) is 0 Å². The molecule has 88 valence electrons. The number of hydrogen-bond acceptors (Lipinski definition) is 3. The largest absolute Gasteiger partial charge is 0.444 e. The summed E-state index contributed by atoms with van der Waals surface area (Å²) in [6, 6.07) is -0.750. The van der Waals surface area contributed by atoms with Crippen LogP contribution in [0.25, 0.3) is 0 Å². The zero-order valence-corrected chi connectivity index (χ0v) is 9.36. The topological polar surface area (TPSA) is 49.8 Å². The number of halogens is 1. The fourth-order valence-electron chi connectivity index (χ4n) is 1.58. The van der Waals surface area contributed by atoms with Gasteiger partial charge < -0.3 is 9.84 Å². The van der Waals surface area contributed by atoms with Crippen LogP contribution in [-0.2, 0) is 4.74 Å². The number of likely N-dealkylation sites (tertiary alicyclic amines) is 1. The van der Waals surface area contributed by atoms with Gasteiger partial charge in [-0.25, -0.2) is 9.18 Å². The van der Waals surface area contributed by atoms with Gasteiger partial charge in [0.15, 0.2) is 0 Å². The minimum absolute atomic E-state index is 0.268. The van der Waals surface area contributed by atoms with E-state index in [0.717, 1.165) is 0 Å². The van der Waals surface area contributed by atoms with Crippen molar-refractivity contribution in [3.05, 3.63) is 0 Å². The van der Waals surface area contributed by atoms with E-state index in [1.54, 1.807) is 20.8 Å². The van der Waals surface area contributed by atoms with Crippen LogP contribution in [0.1, 0.15) is 27.2 Å². The molecule has 2 atom stereocenters. The van der Waals surface area contributed by atoms with Gasteiger partial charge >= 0.3 is 6.09 Å². The number of hydrogen-bond donors (Lipinski definition) is 1. The lowest BCUT2D eigenvalue weighted by Crippen LogP contribution is -2.43. The van der Waals surface area contributed by atoms with E-state index in [1.165, 1.54) is 4.90 Å². The molecule has 1 aliphatic rings. The molecule has 5 heteroatoms. The third-order valence-electron chi connectivity index (χ3n) is 2.28. The Balaban J connectivity index is 2.60. The van der Waals surface area contributed by atoms with Crippen LogP contribution in [0.15, 0.2) is 0 Å². The van der Waals surface area contributed by atoms with Gasteiger partial charge in [-0.15, -0.1) is 0 Å². The number of aliphatic hydroxyl groups is 1. The van der Waals surface area contributed by atoms with E-state index in [4.69, 9.17) is 9.84 Å². The molecule has 15 heavy (non-hydrogen) atoms. The van der Waals surface area contributed by atoms with E-state index in [0.29, 0.717) is 6.54 Å². The summed E-state index contributed by atoms with van der Waals surface area (Å²) in [5.74, 6) is 0. The number of ether oxygens (including phenoxy) is 1. The van der Waals surface area contributed by atoms with Crippen LogP contribution in [0.4, 0.5) is 9.18 Å². The van der Waals surface area contributed by atoms with Gasteiger partial charge in [-0.1, -0.05) is 0 Å². The van der Waals surface area contributed by atoms with Crippen LogP contribution < -0.4 is 0 Å². The van der Waals surface area contributed by atoms with Crippen LogP contribution in [0, 0.1) is 0 Å². The summed E-state index contributed by atoms with van der Waals surface area (Å²) in [6.45, 7) is 5.20. The van der Waals surface area contributed by atoms with Gasteiger partial charge in [0.05, 0.1) is 12.6 Å². The van der Waals surface area contributed by atoms with Crippen LogP contribution in [0.5, 0.6) is 0 Å². The second kappa shape index (κ2) is 4.35. The van der Waals surface area contributed by atoms with Crippen molar-refractivity contribution in [3.63, 3.8) is 0 Å². The summed E-state index contributed by atoms with van der Waals surface area (Å²) >= 11 is 0. The van der Waals surface area contributed by atoms with Gasteiger partial charge in [-0.3, -0.25) is 4.90 Å². The van der Waals surface area contributed by atoms with Gasteiger partial charge in [0.25, 0.3) is 0 Å². The molecule has 0 aromatic rings. The van der Waals surface area contributed by atoms with E-state index in [1.807, 2.05) is 0 Å². The first-order chi connectivity index (χ1) is 6.85. The number of rotatable bonds is 1. The lowest BCUT2D eigenvalue weighted by Gasteiger charge is -2.27. The maximum Gasteiger partial charge on any atom is 0.410 e. The van der Waals surface area contributed by atoms with Gasteiger partial charge in [0.1, 0.15) is 11.8 Å². The first-order valence-electron chi connectivity index (χ1n) is 5.09. The minimum atomic E-state index is -1.15. The van der Waals surface area contributed by atoms with Crippen molar-refractivity contribution in [2.45, 2.75) is 45.0 Å². The van der Waals surface area contributed by atoms with E-state index < -0.39 is 23.9 Å². The number of carbonyl (C=O) groups is 1. The Morgan fingerprint density at radius 2 is 2.20 bits per heavy atom. The fraction of sp³-hybridized carbons (Fsp3) is 0.900. The molecule has 1 fully saturated rings. The maximum absolute atomic E-state index is 13.2. The van der Waals surface area contributed by atoms with E-state index in [9.17, 15) is 9.18 Å².